The molecule has 0 unspecified atom stereocenters. The van der Waals surface area contributed by atoms with E-state index < -0.39 is 0 Å². The van der Waals surface area contributed by atoms with Crippen molar-refractivity contribution >= 4 is 11.3 Å². The minimum absolute atomic E-state index is 0.00579. The summed E-state index contributed by atoms with van der Waals surface area (Å²) in [5.74, 6) is -0.103. The fourth-order valence-electron chi connectivity index (χ4n) is 1.35. The number of hydrogen-bond acceptors (Lipinski definition) is 4. The molecule has 0 saturated carbocycles. The summed E-state index contributed by atoms with van der Waals surface area (Å²) >= 11 is 1.44. The zero-order chi connectivity index (χ0) is 12.1. The summed E-state index contributed by atoms with van der Waals surface area (Å²) in [6.07, 6.45) is 2.25. The number of ether oxygens (including phenoxy) is 1. The van der Waals surface area contributed by atoms with E-state index in [0.717, 1.165) is 9.88 Å². The first-order valence-electron chi connectivity index (χ1n) is 5.21. The van der Waals surface area contributed by atoms with Crippen LogP contribution in [0.1, 0.15) is 9.88 Å². The number of rotatable bonds is 5. The minimum atomic E-state index is -0.359. The number of hydrogen-bond donors (Lipinski definition) is 1. The summed E-state index contributed by atoms with van der Waals surface area (Å²) in [4.78, 5) is 4.95. The molecular weight excluding hydrogens is 241 g/mol. The third-order valence-electron chi connectivity index (χ3n) is 2.17. The first kappa shape index (κ1) is 12.0. The average molecular weight is 253 g/mol. The van der Waals surface area contributed by atoms with Gasteiger partial charge >= 0.3 is 0 Å². The Hall–Kier alpha value is -1.46. The second-order valence-corrected chi connectivity index (χ2v) is 4.61. The molecule has 0 radical (unpaired) electrons. The summed E-state index contributed by atoms with van der Waals surface area (Å²) in [6.45, 7) is 0.380. The van der Waals surface area contributed by atoms with Gasteiger partial charge in [0.15, 0.2) is 11.6 Å². The number of aliphatic hydroxyl groups excluding tert-OH is 1. The van der Waals surface area contributed by atoms with Crippen LogP contribution in [0.25, 0.3) is 0 Å². The molecule has 5 heteroatoms. The van der Waals surface area contributed by atoms with E-state index in [2.05, 4.69) is 4.98 Å². The van der Waals surface area contributed by atoms with Gasteiger partial charge in [-0.1, -0.05) is 12.1 Å². The first-order valence-corrected chi connectivity index (χ1v) is 6.03. The molecule has 0 spiro atoms. The Kier molecular flexibility index (Phi) is 4.06. The van der Waals surface area contributed by atoms with Crippen LogP contribution in [-0.2, 0) is 13.0 Å². The lowest BCUT2D eigenvalue weighted by atomic mass is 10.3. The van der Waals surface area contributed by atoms with Crippen molar-refractivity contribution in [1.29, 1.82) is 0 Å². The monoisotopic (exact) mass is 253 g/mol. The normalized spacial score (nSPS) is 10.5. The number of thiazole rings is 1. The molecule has 1 aromatic carbocycles. The van der Waals surface area contributed by atoms with Gasteiger partial charge in [-0.2, -0.15) is 0 Å². The van der Waals surface area contributed by atoms with E-state index in [0.29, 0.717) is 13.0 Å². The van der Waals surface area contributed by atoms with Gasteiger partial charge in [0.2, 0.25) is 0 Å². The zero-order valence-corrected chi connectivity index (χ0v) is 9.91. The molecule has 3 nitrogen and oxygen atoms in total. The van der Waals surface area contributed by atoms with Crippen molar-refractivity contribution in [3.63, 3.8) is 0 Å². The average Bonchev–Trinajstić information content (AvgIpc) is 2.80. The molecule has 0 aliphatic rings. The standard InChI is InChI=1S/C12H12FNO2S/c13-10-3-1-2-4-11(10)16-6-5-12-14-7-9(8-15)17-12/h1-4,7,15H,5-6,8H2. The highest BCUT2D eigenvalue weighted by molar-refractivity contribution is 7.11. The van der Waals surface area contributed by atoms with E-state index in [1.54, 1.807) is 24.4 Å². The molecule has 2 rings (SSSR count). The maximum absolute atomic E-state index is 13.2. The maximum Gasteiger partial charge on any atom is 0.165 e. The number of aliphatic hydroxyl groups is 1. The summed E-state index contributed by atoms with van der Waals surface area (Å²) in [5, 5.41) is 9.76. The zero-order valence-electron chi connectivity index (χ0n) is 9.10. The molecule has 0 saturated heterocycles. The third-order valence-corrected chi connectivity index (χ3v) is 3.21. The Labute approximate surface area is 103 Å². The van der Waals surface area contributed by atoms with Gasteiger partial charge in [-0.3, -0.25) is 0 Å². The van der Waals surface area contributed by atoms with E-state index in [9.17, 15) is 4.39 Å². The fraction of sp³-hybridized carbons (Fsp3) is 0.250. The first-order chi connectivity index (χ1) is 8.29. The van der Waals surface area contributed by atoms with Crippen LogP contribution in [0.3, 0.4) is 0 Å². The van der Waals surface area contributed by atoms with Crippen molar-refractivity contribution in [2.75, 3.05) is 6.61 Å². The highest BCUT2D eigenvalue weighted by atomic mass is 32.1. The second-order valence-electron chi connectivity index (χ2n) is 3.41. The van der Waals surface area contributed by atoms with Gasteiger partial charge in [-0.15, -0.1) is 11.3 Å². The van der Waals surface area contributed by atoms with Gasteiger partial charge in [0.1, 0.15) is 0 Å². The number of para-hydroxylation sites is 1. The quantitative estimate of drug-likeness (QED) is 0.889. The molecule has 1 N–H and O–H groups in total. The third kappa shape index (κ3) is 3.25. The lowest BCUT2D eigenvalue weighted by Gasteiger charge is -2.05. The van der Waals surface area contributed by atoms with E-state index in [4.69, 9.17) is 9.84 Å². The van der Waals surface area contributed by atoms with Crippen LogP contribution >= 0.6 is 11.3 Å². The van der Waals surface area contributed by atoms with Gasteiger partial charge in [0, 0.05) is 12.6 Å². The molecule has 0 fully saturated rings. The minimum Gasteiger partial charge on any atom is -0.490 e. The van der Waals surface area contributed by atoms with Gasteiger partial charge in [-0.25, -0.2) is 9.37 Å². The van der Waals surface area contributed by atoms with Crippen molar-refractivity contribution in [3.05, 3.63) is 46.2 Å². The summed E-state index contributed by atoms with van der Waals surface area (Å²) in [7, 11) is 0. The number of nitrogens with zero attached hydrogens (tertiary/aromatic N) is 1. The Morgan fingerprint density at radius 3 is 2.88 bits per heavy atom. The van der Waals surface area contributed by atoms with Crippen molar-refractivity contribution in [1.82, 2.24) is 4.98 Å². The van der Waals surface area contributed by atoms with Crippen LogP contribution in [0, 0.1) is 5.82 Å². The molecule has 0 aliphatic carbocycles. The predicted octanol–water partition coefficient (Wildman–Crippen LogP) is 2.40. The molecule has 0 amide bonds. The number of benzene rings is 1. The molecule has 0 bridgehead atoms. The lowest BCUT2D eigenvalue weighted by Crippen LogP contribution is -2.02. The highest BCUT2D eigenvalue weighted by Gasteiger charge is 2.04. The summed E-state index contributed by atoms with van der Waals surface area (Å²) in [6, 6.07) is 6.31. The van der Waals surface area contributed by atoms with E-state index >= 15 is 0 Å². The Morgan fingerprint density at radius 1 is 1.35 bits per heavy atom. The molecule has 2 aromatic rings. The van der Waals surface area contributed by atoms with Crippen molar-refractivity contribution in [2.45, 2.75) is 13.0 Å². The largest absolute Gasteiger partial charge is 0.490 e. The molecule has 90 valence electrons. The number of halogens is 1. The molecule has 17 heavy (non-hydrogen) atoms. The van der Waals surface area contributed by atoms with Crippen molar-refractivity contribution in [2.24, 2.45) is 0 Å². The Morgan fingerprint density at radius 2 is 2.18 bits per heavy atom. The van der Waals surface area contributed by atoms with Crippen molar-refractivity contribution < 1.29 is 14.2 Å². The van der Waals surface area contributed by atoms with E-state index in [1.807, 2.05) is 0 Å². The van der Waals surface area contributed by atoms with Crippen LogP contribution in [0.5, 0.6) is 5.75 Å². The van der Waals surface area contributed by atoms with Crippen LogP contribution in [0.4, 0.5) is 4.39 Å². The van der Waals surface area contributed by atoms with Crippen LogP contribution in [0.2, 0.25) is 0 Å². The molecule has 1 aromatic heterocycles. The SMILES string of the molecule is OCc1cnc(CCOc2ccccc2F)s1. The van der Waals surface area contributed by atoms with Gasteiger partial charge in [-0.05, 0) is 12.1 Å². The summed E-state index contributed by atoms with van der Waals surface area (Å²) < 4.78 is 18.5. The van der Waals surface area contributed by atoms with Gasteiger partial charge in [0.25, 0.3) is 0 Å². The molecule has 0 atom stereocenters. The topological polar surface area (TPSA) is 42.4 Å². The van der Waals surface area contributed by atoms with Crippen molar-refractivity contribution in [3.8, 4) is 5.75 Å². The van der Waals surface area contributed by atoms with Crippen LogP contribution in [-0.4, -0.2) is 16.7 Å². The van der Waals surface area contributed by atoms with E-state index in [1.165, 1.54) is 17.4 Å². The maximum atomic E-state index is 13.2. The predicted molar refractivity (Wildman–Crippen MR) is 63.6 cm³/mol. The Balaban J connectivity index is 1.85. The Bertz CT molecular complexity index is 487. The van der Waals surface area contributed by atoms with Gasteiger partial charge < -0.3 is 9.84 Å². The molecular formula is C12H12FNO2S. The van der Waals surface area contributed by atoms with Crippen LogP contribution < -0.4 is 4.74 Å². The summed E-state index contributed by atoms with van der Waals surface area (Å²) in [5.41, 5.74) is 0. The van der Waals surface area contributed by atoms with Gasteiger partial charge in [0.05, 0.1) is 23.1 Å². The second kappa shape index (κ2) is 5.75. The fourth-order valence-corrected chi connectivity index (χ4v) is 2.11. The van der Waals surface area contributed by atoms with Crippen LogP contribution in [0.15, 0.2) is 30.5 Å². The van der Waals surface area contributed by atoms with E-state index in [-0.39, 0.29) is 18.2 Å². The molecule has 0 aliphatic heterocycles. The lowest BCUT2D eigenvalue weighted by molar-refractivity contribution is 0.285. The smallest absolute Gasteiger partial charge is 0.165 e. The number of aromatic nitrogens is 1. The highest BCUT2D eigenvalue weighted by Crippen LogP contribution is 2.17. The molecule has 1 heterocycles.